The summed E-state index contributed by atoms with van der Waals surface area (Å²) in [6, 6.07) is 15.6. The Balaban J connectivity index is 1.40. The first-order valence-corrected chi connectivity index (χ1v) is 13.0. The number of fused-ring (bicyclic) bond motifs is 1. The second kappa shape index (κ2) is 11.3. The maximum Gasteiger partial charge on any atom is 0.313 e. The minimum atomic E-state index is -0.714. The lowest BCUT2D eigenvalue weighted by Crippen LogP contribution is -2.47. The topological polar surface area (TPSA) is 87.7 Å². The van der Waals surface area contributed by atoms with Crippen molar-refractivity contribution in [1.82, 2.24) is 5.32 Å². The number of thioether (sulfide) groups is 1. The van der Waals surface area contributed by atoms with Gasteiger partial charge in [-0.15, -0.1) is 11.8 Å². The number of carbonyl (C=O) groups excluding carboxylic acids is 3. The predicted molar refractivity (Wildman–Crippen MR) is 139 cm³/mol. The Morgan fingerprint density at radius 1 is 1.06 bits per heavy atom. The van der Waals surface area contributed by atoms with Gasteiger partial charge < -0.3 is 20.3 Å². The summed E-state index contributed by atoms with van der Waals surface area (Å²) in [7, 11) is 0. The molecular weight excluding hydrogens is 462 g/mol. The lowest BCUT2D eigenvalue weighted by Gasteiger charge is -2.36. The van der Waals surface area contributed by atoms with E-state index < -0.39 is 11.8 Å². The van der Waals surface area contributed by atoms with Gasteiger partial charge in [-0.2, -0.15) is 0 Å². The van der Waals surface area contributed by atoms with Crippen LogP contribution < -0.4 is 15.5 Å². The molecule has 2 N–H and O–H groups in total. The summed E-state index contributed by atoms with van der Waals surface area (Å²) in [5, 5.41) is 5.56. The van der Waals surface area contributed by atoms with Crippen LogP contribution in [0.2, 0.25) is 0 Å². The van der Waals surface area contributed by atoms with E-state index in [2.05, 4.69) is 22.8 Å². The van der Waals surface area contributed by atoms with E-state index in [1.807, 2.05) is 38.1 Å². The molecule has 0 spiro atoms. The first kappa shape index (κ1) is 25.3. The summed E-state index contributed by atoms with van der Waals surface area (Å²) in [4.78, 5) is 41.0. The number of anilines is 2. The molecule has 35 heavy (non-hydrogen) atoms. The lowest BCUT2D eigenvalue weighted by molar-refractivity contribution is -0.136. The fraction of sp³-hybridized carbons (Fsp3) is 0.444. The number of amides is 3. The number of hydrogen-bond acceptors (Lipinski definition) is 5. The molecule has 0 aliphatic carbocycles. The van der Waals surface area contributed by atoms with E-state index in [1.54, 1.807) is 28.8 Å². The Kier molecular flexibility index (Phi) is 8.13. The second-order valence-corrected chi connectivity index (χ2v) is 11.0. The molecule has 2 aromatic rings. The molecule has 0 aromatic heterocycles. The van der Waals surface area contributed by atoms with Crippen molar-refractivity contribution in [1.29, 1.82) is 0 Å². The molecule has 1 fully saturated rings. The van der Waals surface area contributed by atoms with E-state index in [9.17, 15) is 14.4 Å². The lowest BCUT2D eigenvalue weighted by atomic mass is 9.99. The summed E-state index contributed by atoms with van der Waals surface area (Å²) in [5.41, 5.74) is 2.40. The van der Waals surface area contributed by atoms with Crippen LogP contribution >= 0.6 is 11.8 Å². The number of aryl methyl sites for hydroxylation is 1. The first-order valence-electron chi connectivity index (χ1n) is 12.2. The molecule has 2 aliphatic rings. The van der Waals surface area contributed by atoms with Gasteiger partial charge in [0.2, 0.25) is 5.91 Å². The van der Waals surface area contributed by atoms with Gasteiger partial charge in [-0.25, -0.2) is 0 Å². The summed E-state index contributed by atoms with van der Waals surface area (Å²) >= 11 is 1.73. The zero-order valence-electron chi connectivity index (χ0n) is 20.3. The molecule has 4 rings (SSSR count). The molecule has 0 bridgehead atoms. The van der Waals surface area contributed by atoms with E-state index in [0.29, 0.717) is 32.0 Å². The van der Waals surface area contributed by atoms with Crippen molar-refractivity contribution in [2.45, 2.75) is 49.2 Å². The largest absolute Gasteiger partial charge is 0.381 e. The minimum Gasteiger partial charge on any atom is -0.381 e. The Bertz CT molecular complexity index is 1070. The second-order valence-electron chi connectivity index (χ2n) is 9.44. The van der Waals surface area contributed by atoms with Gasteiger partial charge in [0, 0.05) is 53.2 Å². The van der Waals surface area contributed by atoms with Crippen molar-refractivity contribution in [2.24, 2.45) is 5.92 Å². The molecule has 2 aliphatic heterocycles. The van der Waals surface area contributed by atoms with E-state index in [-0.39, 0.29) is 16.6 Å². The van der Waals surface area contributed by atoms with Crippen LogP contribution in [-0.4, -0.2) is 48.8 Å². The molecule has 2 heterocycles. The molecule has 2 aromatic carbocycles. The van der Waals surface area contributed by atoms with E-state index in [4.69, 9.17) is 4.74 Å². The highest BCUT2D eigenvalue weighted by atomic mass is 32.2. The summed E-state index contributed by atoms with van der Waals surface area (Å²) in [6.07, 6.45) is 3.38. The summed E-state index contributed by atoms with van der Waals surface area (Å²) in [5.74, 6) is -1.44. The van der Waals surface area contributed by atoms with Crippen LogP contribution in [-0.2, 0) is 25.5 Å². The van der Waals surface area contributed by atoms with Gasteiger partial charge in [0.25, 0.3) is 0 Å². The minimum absolute atomic E-state index is 0.0600. The van der Waals surface area contributed by atoms with Gasteiger partial charge in [-0.3, -0.25) is 14.4 Å². The summed E-state index contributed by atoms with van der Waals surface area (Å²) < 4.78 is 5.32. The number of benzene rings is 2. The van der Waals surface area contributed by atoms with E-state index in [1.165, 1.54) is 0 Å². The van der Waals surface area contributed by atoms with Crippen molar-refractivity contribution >= 4 is 40.9 Å². The van der Waals surface area contributed by atoms with Crippen molar-refractivity contribution < 1.29 is 19.1 Å². The fourth-order valence-electron chi connectivity index (χ4n) is 4.50. The molecule has 0 radical (unpaired) electrons. The average molecular weight is 496 g/mol. The van der Waals surface area contributed by atoms with E-state index in [0.717, 1.165) is 41.8 Å². The van der Waals surface area contributed by atoms with Crippen LogP contribution in [0.1, 0.15) is 38.7 Å². The molecule has 8 heteroatoms. The van der Waals surface area contributed by atoms with Crippen molar-refractivity contribution in [3.63, 3.8) is 0 Å². The van der Waals surface area contributed by atoms with Crippen LogP contribution in [0.15, 0.2) is 53.4 Å². The number of carbonyl (C=O) groups is 3. The van der Waals surface area contributed by atoms with Crippen LogP contribution in [0.4, 0.5) is 11.4 Å². The monoisotopic (exact) mass is 495 g/mol. The molecule has 1 saturated heterocycles. The highest BCUT2D eigenvalue weighted by Crippen LogP contribution is 2.40. The quantitative estimate of drug-likeness (QED) is 0.591. The molecule has 7 nitrogen and oxygen atoms in total. The molecule has 186 valence electrons. The Morgan fingerprint density at radius 2 is 1.80 bits per heavy atom. The molecule has 0 saturated carbocycles. The Hall–Kier alpha value is -2.84. The molecule has 3 amide bonds. The van der Waals surface area contributed by atoms with Gasteiger partial charge in [0.1, 0.15) is 0 Å². The number of nitrogens with zero attached hydrogens (tertiary/aromatic N) is 1. The van der Waals surface area contributed by atoms with Gasteiger partial charge in [0.05, 0.1) is 0 Å². The first-order chi connectivity index (χ1) is 16.9. The molecular formula is C27H33N3O4S. The van der Waals surface area contributed by atoms with Crippen LogP contribution in [0.5, 0.6) is 0 Å². The number of rotatable bonds is 6. The smallest absolute Gasteiger partial charge is 0.313 e. The average Bonchev–Trinajstić information content (AvgIpc) is 2.87. The number of nitrogens with one attached hydrogen (secondary N) is 2. The molecule has 0 unspecified atom stereocenters. The maximum absolute atomic E-state index is 12.7. The van der Waals surface area contributed by atoms with E-state index >= 15 is 0 Å². The standard InChI is InChI=1S/C27H33N3O4S/c1-19(2)26(33)30-14-6-7-20-10-11-21(17-23(20)30)29-25(32)24(31)28-18-27(12-15-34-16-13-27)35-22-8-4-3-5-9-22/h3-5,8-11,17,19H,6-7,12-16,18H2,1-2H3,(H,28,31)(H,29,32). The van der Waals surface area contributed by atoms with Crippen LogP contribution in [0, 0.1) is 5.92 Å². The van der Waals surface area contributed by atoms with Crippen molar-refractivity contribution in [2.75, 3.05) is 36.5 Å². The number of hydrogen-bond donors (Lipinski definition) is 2. The van der Waals surface area contributed by atoms with Crippen molar-refractivity contribution in [3.8, 4) is 0 Å². The third kappa shape index (κ3) is 6.24. The summed E-state index contributed by atoms with van der Waals surface area (Å²) in [6.45, 7) is 6.06. The maximum atomic E-state index is 12.7. The van der Waals surface area contributed by atoms with Gasteiger partial charge in [-0.1, -0.05) is 38.1 Å². The van der Waals surface area contributed by atoms with Crippen LogP contribution in [0.25, 0.3) is 0 Å². The zero-order chi connectivity index (χ0) is 24.8. The van der Waals surface area contributed by atoms with Gasteiger partial charge in [-0.05, 0) is 55.5 Å². The predicted octanol–water partition coefficient (Wildman–Crippen LogP) is 4.02. The number of ether oxygens (including phenoxy) is 1. The normalized spacial score (nSPS) is 16.9. The zero-order valence-corrected chi connectivity index (χ0v) is 21.2. The highest BCUT2D eigenvalue weighted by Gasteiger charge is 2.35. The highest BCUT2D eigenvalue weighted by molar-refractivity contribution is 8.00. The fourth-order valence-corrected chi connectivity index (χ4v) is 5.81. The van der Waals surface area contributed by atoms with Gasteiger partial charge in [0.15, 0.2) is 0 Å². The van der Waals surface area contributed by atoms with Crippen LogP contribution in [0.3, 0.4) is 0 Å². The SMILES string of the molecule is CC(C)C(=O)N1CCCc2ccc(NC(=O)C(=O)NCC3(Sc4ccccc4)CCOCC3)cc21. The third-order valence-electron chi connectivity index (χ3n) is 6.48. The van der Waals surface area contributed by atoms with Gasteiger partial charge >= 0.3 is 11.8 Å². The Labute approximate surface area is 211 Å². The molecule has 0 atom stereocenters. The van der Waals surface area contributed by atoms with Crippen molar-refractivity contribution in [3.05, 3.63) is 54.1 Å². The Morgan fingerprint density at radius 3 is 2.51 bits per heavy atom. The third-order valence-corrected chi connectivity index (χ3v) is 7.97.